The van der Waals surface area contributed by atoms with Crippen molar-refractivity contribution in [2.75, 3.05) is 38.7 Å². The molecule has 18 heavy (non-hydrogen) atoms. The van der Waals surface area contributed by atoms with Crippen molar-refractivity contribution in [3.63, 3.8) is 0 Å². The highest BCUT2D eigenvalue weighted by molar-refractivity contribution is 6.32. The van der Waals surface area contributed by atoms with E-state index in [1.807, 2.05) is 0 Å². The van der Waals surface area contributed by atoms with Gasteiger partial charge in [-0.2, -0.15) is 0 Å². The summed E-state index contributed by atoms with van der Waals surface area (Å²) in [5, 5.41) is 3.26. The zero-order valence-electron chi connectivity index (χ0n) is 10.1. The van der Waals surface area contributed by atoms with Crippen LogP contribution < -0.4 is 10.1 Å². The van der Waals surface area contributed by atoms with Crippen LogP contribution in [0.3, 0.4) is 0 Å². The lowest BCUT2D eigenvalue weighted by Gasteiger charge is -2.27. The average molecular weight is 271 g/mol. The van der Waals surface area contributed by atoms with E-state index in [4.69, 9.17) is 21.1 Å². The Morgan fingerprint density at radius 3 is 2.78 bits per heavy atom. The number of hydrogen-bond donors (Lipinski definition) is 1. The molecule has 98 valence electrons. The molecule has 1 heterocycles. The number of rotatable bonds is 2. The largest absolute Gasteiger partial charge is 0.495 e. The molecule has 1 saturated heterocycles. The Morgan fingerprint density at radius 1 is 1.44 bits per heavy atom. The molecule has 0 aromatic heterocycles. The molecule has 1 aliphatic heterocycles. The van der Waals surface area contributed by atoms with Crippen LogP contribution in [0.25, 0.3) is 0 Å². The smallest absolute Gasteiger partial charge is 0.322 e. The first kappa shape index (κ1) is 13.0. The lowest BCUT2D eigenvalue weighted by atomic mass is 10.3. The van der Waals surface area contributed by atoms with Crippen molar-refractivity contribution < 1.29 is 14.3 Å². The number of morpholine rings is 1. The Balaban J connectivity index is 2.00. The number of ether oxygens (including phenoxy) is 2. The van der Waals surface area contributed by atoms with Gasteiger partial charge in [-0.05, 0) is 18.2 Å². The van der Waals surface area contributed by atoms with Crippen LogP contribution >= 0.6 is 11.6 Å². The van der Waals surface area contributed by atoms with Gasteiger partial charge in [0.2, 0.25) is 0 Å². The van der Waals surface area contributed by atoms with Crippen LogP contribution in [0.4, 0.5) is 10.5 Å². The van der Waals surface area contributed by atoms with Crippen molar-refractivity contribution in [1.82, 2.24) is 4.90 Å². The van der Waals surface area contributed by atoms with E-state index < -0.39 is 0 Å². The van der Waals surface area contributed by atoms with Gasteiger partial charge in [0.15, 0.2) is 0 Å². The molecule has 5 nitrogen and oxygen atoms in total. The van der Waals surface area contributed by atoms with Gasteiger partial charge in [-0.1, -0.05) is 11.6 Å². The van der Waals surface area contributed by atoms with E-state index in [1.165, 1.54) is 0 Å². The van der Waals surface area contributed by atoms with Crippen molar-refractivity contribution in [1.29, 1.82) is 0 Å². The van der Waals surface area contributed by atoms with Crippen LogP contribution in [0.2, 0.25) is 5.02 Å². The second-order valence-corrected chi connectivity index (χ2v) is 4.29. The molecule has 6 heteroatoms. The quantitative estimate of drug-likeness (QED) is 0.896. The monoisotopic (exact) mass is 270 g/mol. The topological polar surface area (TPSA) is 50.8 Å². The number of benzene rings is 1. The lowest BCUT2D eigenvalue weighted by Crippen LogP contribution is -2.43. The fraction of sp³-hybridized carbons (Fsp3) is 0.417. The fourth-order valence-electron chi connectivity index (χ4n) is 1.71. The highest BCUT2D eigenvalue weighted by atomic mass is 35.5. The van der Waals surface area contributed by atoms with Crippen LogP contribution in [0.15, 0.2) is 18.2 Å². The second-order valence-electron chi connectivity index (χ2n) is 3.88. The molecule has 0 spiro atoms. The minimum Gasteiger partial charge on any atom is -0.495 e. The van der Waals surface area contributed by atoms with Crippen molar-refractivity contribution >= 4 is 23.3 Å². The third-order valence-corrected chi connectivity index (χ3v) is 3.00. The Bertz CT molecular complexity index is 433. The lowest BCUT2D eigenvalue weighted by molar-refractivity contribution is 0.0564. The maximum Gasteiger partial charge on any atom is 0.322 e. The number of amides is 2. The van der Waals surface area contributed by atoms with Gasteiger partial charge in [-0.3, -0.25) is 0 Å². The summed E-state index contributed by atoms with van der Waals surface area (Å²) in [5.41, 5.74) is 0.650. The number of hydrogen-bond acceptors (Lipinski definition) is 3. The molecule has 1 aliphatic rings. The SMILES string of the molecule is COc1ccc(NC(=O)N2CCOCC2)cc1Cl. The first-order valence-electron chi connectivity index (χ1n) is 5.68. The molecule has 2 amide bonds. The summed E-state index contributed by atoms with van der Waals surface area (Å²) in [6.07, 6.45) is 0. The van der Waals surface area contributed by atoms with Gasteiger partial charge in [0.05, 0.1) is 25.3 Å². The summed E-state index contributed by atoms with van der Waals surface area (Å²) >= 11 is 5.99. The Hall–Kier alpha value is -1.46. The molecule has 1 fully saturated rings. The van der Waals surface area contributed by atoms with E-state index in [0.29, 0.717) is 42.8 Å². The predicted octanol–water partition coefficient (Wildman–Crippen LogP) is 2.21. The Labute approximate surface area is 111 Å². The van der Waals surface area contributed by atoms with Gasteiger partial charge >= 0.3 is 6.03 Å². The standard InChI is InChI=1S/C12H15ClN2O3/c1-17-11-3-2-9(8-10(11)13)14-12(16)15-4-6-18-7-5-15/h2-3,8H,4-7H2,1H3,(H,14,16). The van der Waals surface area contributed by atoms with E-state index in [-0.39, 0.29) is 6.03 Å². The van der Waals surface area contributed by atoms with E-state index in [9.17, 15) is 4.79 Å². The third-order valence-electron chi connectivity index (χ3n) is 2.70. The number of nitrogens with zero attached hydrogens (tertiary/aromatic N) is 1. The van der Waals surface area contributed by atoms with Gasteiger partial charge in [0.25, 0.3) is 0 Å². The summed E-state index contributed by atoms with van der Waals surface area (Å²) < 4.78 is 10.2. The van der Waals surface area contributed by atoms with Crippen molar-refractivity contribution in [3.8, 4) is 5.75 Å². The van der Waals surface area contributed by atoms with Crippen molar-refractivity contribution in [2.24, 2.45) is 0 Å². The summed E-state index contributed by atoms with van der Waals surface area (Å²) in [5.74, 6) is 0.584. The van der Waals surface area contributed by atoms with Gasteiger partial charge in [-0.25, -0.2) is 4.79 Å². The molecule has 0 bridgehead atoms. The molecular weight excluding hydrogens is 256 g/mol. The molecule has 0 unspecified atom stereocenters. The number of carbonyl (C=O) groups is 1. The normalized spacial score (nSPS) is 15.3. The molecule has 1 N–H and O–H groups in total. The molecule has 2 rings (SSSR count). The van der Waals surface area contributed by atoms with Crippen molar-refractivity contribution in [3.05, 3.63) is 23.2 Å². The van der Waals surface area contributed by atoms with Crippen LogP contribution in [0.1, 0.15) is 0 Å². The number of nitrogens with one attached hydrogen (secondary N) is 1. The molecule has 0 aliphatic carbocycles. The third kappa shape index (κ3) is 3.05. The summed E-state index contributed by atoms with van der Waals surface area (Å²) in [6.45, 7) is 2.37. The number of anilines is 1. The molecular formula is C12H15ClN2O3. The van der Waals surface area contributed by atoms with Crippen LogP contribution in [-0.4, -0.2) is 44.3 Å². The average Bonchev–Trinajstić information content (AvgIpc) is 2.40. The summed E-state index contributed by atoms with van der Waals surface area (Å²) in [6, 6.07) is 5.00. The van der Waals surface area contributed by atoms with E-state index in [0.717, 1.165) is 0 Å². The molecule has 0 saturated carbocycles. The first-order valence-corrected chi connectivity index (χ1v) is 6.05. The number of halogens is 1. The Morgan fingerprint density at radius 2 is 2.17 bits per heavy atom. The first-order chi connectivity index (χ1) is 8.70. The highest BCUT2D eigenvalue weighted by Crippen LogP contribution is 2.27. The summed E-state index contributed by atoms with van der Waals surface area (Å²) in [7, 11) is 1.55. The zero-order chi connectivity index (χ0) is 13.0. The maximum absolute atomic E-state index is 11.9. The zero-order valence-corrected chi connectivity index (χ0v) is 10.9. The molecule has 1 aromatic carbocycles. The minimum atomic E-state index is -0.139. The predicted molar refractivity (Wildman–Crippen MR) is 69.4 cm³/mol. The molecule has 0 atom stereocenters. The van der Waals surface area contributed by atoms with Gasteiger partial charge in [0, 0.05) is 18.8 Å². The van der Waals surface area contributed by atoms with Crippen LogP contribution in [0, 0.1) is 0 Å². The fourth-order valence-corrected chi connectivity index (χ4v) is 1.97. The van der Waals surface area contributed by atoms with Crippen LogP contribution in [-0.2, 0) is 4.74 Å². The van der Waals surface area contributed by atoms with E-state index in [1.54, 1.807) is 30.2 Å². The number of urea groups is 1. The van der Waals surface area contributed by atoms with Gasteiger partial charge in [-0.15, -0.1) is 0 Å². The molecule has 0 radical (unpaired) electrons. The second kappa shape index (κ2) is 5.93. The highest BCUT2D eigenvalue weighted by Gasteiger charge is 2.16. The summed E-state index contributed by atoms with van der Waals surface area (Å²) in [4.78, 5) is 13.6. The number of carbonyl (C=O) groups excluding carboxylic acids is 1. The maximum atomic E-state index is 11.9. The van der Waals surface area contributed by atoms with Gasteiger partial charge < -0.3 is 19.7 Å². The van der Waals surface area contributed by atoms with E-state index in [2.05, 4.69) is 5.32 Å². The minimum absolute atomic E-state index is 0.139. The molecule has 1 aromatic rings. The van der Waals surface area contributed by atoms with Gasteiger partial charge in [0.1, 0.15) is 5.75 Å². The van der Waals surface area contributed by atoms with Crippen LogP contribution in [0.5, 0.6) is 5.75 Å². The van der Waals surface area contributed by atoms with Crippen molar-refractivity contribution in [2.45, 2.75) is 0 Å². The Kier molecular flexibility index (Phi) is 4.28. The number of methoxy groups -OCH3 is 1. The van der Waals surface area contributed by atoms with E-state index >= 15 is 0 Å².